The highest BCUT2D eigenvalue weighted by Gasteiger charge is 1.94. The van der Waals surface area contributed by atoms with E-state index in [1.807, 2.05) is 18.2 Å². The minimum absolute atomic E-state index is 0.573. The molecule has 1 rings (SSSR count). The summed E-state index contributed by atoms with van der Waals surface area (Å²) in [7, 11) is 0. The summed E-state index contributed by atoms with van der Waals surface area (Å²) < 4.78 is 10.8. The van der Waals surface area contributed by atoms with Gasteiger partial charge in [-0.2, -0.15) is 0 Å². The van der Waals surface area contributed by atoms with Gasteiger partial charge >= 0.3 is 0 Å². The Hall–Kier alpha value is -0.730. The van der Waals surface area contributed by atoms with Gasteiger partial charge in [-0.15, -0.1) is 0 Å². The third-order valence-electron chi connectivity index (χ3n) is 1.93. The van der Waals surface area contributed by atoms with Crippen molar-refractivity contribution in [3.05, 3.63) is 29.3 Å². The molecule has 0 radical (unpaired) electrons. The van der Waals surface area contributed by atoms with Crippen LogP contribution in [0.15, 0.2) is 24.3 Å². The van der Waals surface area contributed by atoms with Crippen molar-refractivity contribution in [3.8, 4) is 5.75 Å². The van der Waals surface area contributed by atoms with Gasteiger partial charge in [0.25, 0.3) is 0 Å². The molecule has 0 saturated carbocycles. The fraction of sp³-hybridized carbons (Fsp3) is 0.500. The van der Waals surface area contributed by atoms with E-state index in [9.17, 15) is 0 Å². The van der Waals surface area contributed by atoms with E-state index >= 15 is 0 Å². The van der Waals surface area contributed by atoms with Crippen molar-refractivity contribution in [2.75, 3.05) is 19.8 Å². The van der Waals surface area contributed by atoms with Gasteiger partial charge in [0.15, 0.2) is 0 Å². The Labute approximate surface area is 96.2 Å². The van der Waals surface area contributed by atoms with Crippen LogP contribution in [-0.4, -0.2) is 19.8 Å². The summed E-state index contributed by atoms with van der Waals surface area (Å²) in [5.41, 5.74) is 0. The van der Waals surface area contributed by atoms with Gasteiger partial charge in [-0.05, 0) is 24.6 Å². The summed E-state index contributed by atoms with van der Waals surface area (Å²) in [5, 5.41) is 0.694. The number of ether oxygens (including phenoxy) is 2. The summed E-state index contributed by atoms with van der Waals surface area (Å²) in [5.74, 6) is 0.793. The summed E-state index contributed by atoms with van der Waals surface area (Å²) in [6.45, 7) is 4.16. The van der Waals surface area contributed by atoms with E-state index in [4.69, 9.17) is 21.1 Å². The second-order valence-corrected chi connectivity index (χ2v) is 3.71. The Morgan fingerprint density at radius 1 is 1.20 bits per heavy atom. The first-order valence-corrected chi connectivity index (χ1v) is 5.67. The van der Waals surface area contributed by atoms with E-state index in [2.05, 4.69) is 6.92 Å². The zero-order chi connectivity index (χ0) is 10.9. The Kier molecular flexibility index (Phi) is 6.21. The first-order chi connectivity index (χ1) is 7.33. The highest BCUT2D eigenvalue weighted by atomic mass is 35.5. The van der Waals surface area contributed by atoms with Crippen molar-refractivity contribution in [1.82, 2.24) is 0 Å². The van der Waals surface area contributed by atoms with Gasteiger partial charge in [-0.25, -0.2) is 0 Å². The molecule has 0 aliphatic carbocycles. The molecule has 0 unspecified atom stereocenters. The Balaban J connectivity index is 2.10. The van der Waals surface area contributed by atoms with Crippen LogP contribution < -0.4 is 4.74 Å². The van der Waals surface area contributed by atoms with Crippen LogP contribution in [0.4, 0.5) is 0 Å². The number of unbranched alkanes of at least 4 members (excludes halogenated alkanes) is 1. The van der Waals surface area contributed by atoms with E-state index in [1.54, 1.807) is 6.07 Å². The smallest absolute Gasteiger partial charge is 0.120 e. The molecule has 0 aliphatic heterocycles. The van der Waals surface area contributed by atoms with Crippen molar-refractivity contribution < 1.29 is 9.47 Å². The lowest BCUT2D eigenvalue weighted by molar-refractivity contribution is 0.0980. The Bertz CT molecular complexity index is 276. The van der Waals surface area contributed by atoms with E-state index in [0.717, 1.165) is 25.2 Å². The van der Waals surface area contributed by atoms with Gasteiger partial charge < -0.3 is 9.47 Å². The molecular formula is C12H17ClO2. The highest BCUT2D eigenvalue weighted by molar-refractivity contribution is 6.30. The Morgan fingerprint density at radius 3 is 2.80 bits per heavy atom. The van der Waals surface area contributed by atoms with Crippen LogP contribution in [0, 0.1) is 0 Å². The average Bonchev–Trinajstić information content (AvgIpc) is 2.23. The number of hydrogen-bond donors (Lipinski definition) is 0. The number of halogens is 1. The SMILES string of the molecule is CCCCOCCOc1cccc(Cl)c1. The molecule has 1 aromatic rings. The molecule has 2 nitrogen and oxygen atoms in total. The molecule has 15 heavy (non-hydrogen) atoms. The standard InChI is InChI=1S/C12H17ClO2/c1-2-3-7-14-8-9-15-12-6-4-5-11(13)10-12/h4-6,10H,2-3,7-9H2,1H3. The van der Waals surface area contributed by atoms with Crippen LogP contribution in [-0.2, 0) is 4.74 Å². The van der Waals surface area contributed by atoms with Crippen molar-refractivity contribution in [2.45, 2.75) is 19.8 Å². The molecule has 0 aromatic heterocycles. The zero-order valence-electron chi connectivity index (χ0n) is 9.04. The third kappa shape index (κ3) is 5.65. The lowest BCUT2D eigenvalue weighted by Crippen LogP contribution is -2.07. The van der Waals surface area contributed by atoms with Gasteiger partial charge in [0.05, 0.1) is 6.61 Å². The maximum absolute atomic E-state index is 5.81. The summed E-state index contributed by atoms with van der Waals surface area (Å²) >= 11 is 5.81. The average molecular weight is 229 g/mol. The van der Waals surface area contributed by atoms with Gasteiger partial charge in [-0.1, -0.05) is 31.0 Å². The molecule has 1 aromatic carbocycles. The molecule has 0 spiro atoms. The van der Waals surface area contributed by atoms with Crippen molar-refractivity contribution >= 4 is 11.6 Å². The zero-order valence-corrected chi connectivity index (χ0v) is 9.80. The molecule has 0 amide bonds. The third-order valence-corrected chi connectivity index (χ3v) is 2.17. The Morgan fingerprint density at radius 2 is 2.07 bits per heavy atom. The second-order valence-electron chi connectivity index (χ2n) is 3.27. The molecular weight excluding hydrogens is 212 g/mol. The van der Waals surface area contributed by atoms with Crippen LogP contribution in [0.3, 0.4) is 0 Å². The fourth-order valence-corrected chi connectivity index (χ4v) is 1.30. The maximum Gasteiger partial charge on any atom is 0.120 e. The monoisotopic (exact) mass is 228 g/mol. The molecule has 3 heteroatoms. The molecule has 84 valence electrons. The predicted octanol–water partition coefficient (Wildman–Crippen LogP) is 3.54. The summed E-state index contributed by atoms with van der Waals surface area (Å²) in [6, 6.07) is 7.38. The van der Waals surface area contributed by atoms with Crippen molar-refractivity contribution in [1.29, 1.82) is 0 Å². The number of benzene rings is 1. The summed E-state index contributed by atoms with van der Waals surface area (Å²) in [4.78, 5) is 0. The molecule has 0 fully saturated rings. The van der Waals surface area contributed by atoms with E-state index < -0.39 is 0 Å². The van der Waals surface area contributed by atoms with E-state index in [0.29, 0.717) is 18.2 Å². The van der Waals surface area contributed by atoms with Gasteiger partial charge in [0.2, 0.25) is 0 Å². The van der Waals surface area contributed by atoms with Crippen LogP contribution in [0.5, 0.6) is 5.75 Å². The van der Waals surface area contributed by atoms with Gasteiger partial charge in [0, 0.05) is 11.6 Å². The molecule has 0 aliphatic rings. The quantitative estimate of drug-likeness (QED) is 0.665. The first-order valence-electron chi connectivity index (χ1n) is 5.29. The lowest BCUT2D eigenvalue weighted by Gasteiger charge is -2.06. The number of hydrogen-bond acceptors (Lipinski definition) is 2. The first kappa shape index (κ1) is 12.3. The largest absolute Gasteiger partial charge is 0.491 e. The normalized spacial score (nSPS) is 10.3. The number of rotatable bonds is 7. The van der Waals surface area contributed by atoms with Crippen molar-refractivity contribution in [3.63, 3.8) is 0 Å². The molecule has 0 saturated heterocycles. The van der Waals surface area contributed by atoms with Crippen LogP contribution >= 0.6 is 11.6 Å². The minimum atomic E-state index is 0.573. The van der Waals surface area contributed by atoms with Crippen LogP contribution in [0.2, 0.25) is 5.02 Å². The predicted molar refractivity (Wildman–Crippen MR) is 62.7 cm³/mol. The van der Waals surface area contributed by atoms with E-state index in [-0.39, 0.29) is 0 Å². The van der Waals surface area contributed by atoms with Gasteiger partial charge in [-0.3, -0.25) is 0 Å². The minimum Gasteiger partial charge on any atom is -0.491 e. The van der Waals surface area contributed by atoms with Crippen LogP contribution in [0.25, 0.3) is 0 Å². The van der Waals surface area contributed by atoms with Gasteiger partial charge in [0.1, 0.15) is 12.4 Å². The fourth-order valence-electron chi connectivity index (χ4n) is 1.12. The molecule has 0 heterocycles. The van der Waals surface area contributed by atoms with Crippen LogP contribution in [0.1, 0.15) is 19.8 Å². The van der Waals surface area contributed by atoms with E-state index in [1.165, 1.54) is 0 Å². The van der Waals surface area contributed by atoms with Crippen molar-refractivity contribution in [2.24, 2.45) is 0 Å². The lowest BCUT2D eigenvalue weighted by atomic mass is 10.3. The summed E-state index contributed by atoms with van der Waals surface area (Å²) in [6.07, 6.45) is 2.27. The topological polar surface area (TPSA) is 18.5 Å². The molecule has 0 N–H and O–H groups in total. The highest BCUT2D eigenvalue weighted by Crippen LogP contribution is 2.16. The molecule has 0 bridgehead atoms. The maximum atomic E-state index is 5.81. The second kappa shape index (κ2) is 7.55. The molecule has 0 atom stereocenters.